The lowest BCUT2D eigenvalue weighted by Gasteiger charge is -2.22. The van der Waals surface area contributed by atoms with Crippen molar-refractivity contribution in [3.63, 3.8) is 0 Å². The maximum Gasteiger partial charge on any atom is 0.333 e. The number of carbonyl (C=O) groups is 6. The molecular formula is C76H140N4O32. The molecule has 656 valence electrons. The molecule has 0 fully saturated rings. The van der Waals surface area contributed by atoms with Crippen LogP contribution in [0.4, 0.5) is 11.4 Å². The molecule has 0 aromatic heterocycles. The molecule has 2 aromatic rings. The topological polar surface area (TPSA) is 402 Å². The van der Waals surface area contributed by atoms with E-state index in [0.717, 1.165) is 61.3 Å². The Morgan fingerprint density at radius 3 is 0.875 bits per heavy atom. The fourth-order valence-electron chi connectivity index (χ4n) is 7.29. The average Bonchev–Trinajstić information content (AvgIpc) is 0.887. The van der Waals surface area contributed by atoms with E-state index in [9.17, 15) is 28.8 Å². The van der Waals surface area contributed by atoms with Crippen LogP contribution in [-0.4, -0.2) is 256 Å². The van der Waals surface area contributed by atoms with Gasteiger partial charge in [-0.05, 0) is 144 Å². The Kier molecular flexibility index (Phi) is 76.8. The zero-order valence-corrected chi connectivity index (χ0v) is 68.9. The maximum atomic E-state index is 11.0. The molecule has 0 radical (unpaired) electrons. The van der Waals surface area contributed by atoms with Gasteiger partial charge in [-0.15, -0.1) is 0 Å². The summed E-state index contributed by atoms with van der Waals surface area (Å²) in [6.07, 6.45) is 0.0460. The van der Waals surface area contributed by atoms with E-state index in [1.54, 1.807) is 90.6 Å². The van der Waals surface area contributed by atoms with E-state index in [-0.39, 0.29) is 142 Å². The number of aliphatic carboxylic acids is 1. The number of benzene rings is 2. The lowest BCUT2D eigenvalue weighted by molar-refractivity contribution is -0.415. The highest BCUT2D eigenvalue weighted by Gasteiger charge is 2.33. The molecule has 0 spiro atoms. The maximum absolute atomic E-state index is 11.0. The standard InChI is InChI=1S/C32H66O20.C17H18N2O2.C9H18N2O2.C9H16O4.C7H14O4.2CH4/c1-23(34-12)14-35-45-25(3)16-37-47-27(5)18-39-49-29(7)20-41-51-31(9)22-43-52-32(10)21-42-50-30(8)19-40-48-28(6)17-38-46-26(4)15-36-44-24(2)13-33-11;1-12(20)18-16-7-3-14(4-8-16)11-15-5-9-17(10-6-15)19-13(2)21;1-8(12)10-6-4-3-5-7-11-9(2)13;1-7(2)9(10)13-6-8(12-4)5-11-3;1-7(4-10-2,5-11-3)6(8)9;;/h23-32H,13-22H2,1-12H3;3-10H,11H2,1-2H3,(H,18,20)(H,19,21);3-7H2,1-2H3,(H,10,12)(H,11,13);8H,1,5-6H2,2-4H3;4-5H2,1-3H3,(H,8,9);2*1H4. The molecule has 11 atom stereocenters. The monoisotopic (exact) mass is 1620 g/mol. The van der Waals surface area contributed by atoms with Crippen LogP contribution in [0.25, 0.3) is 0 Å². The van der Waals surface area contributed by atoms with E-state index in [0.29, 0.717) is 25.4 Å². The molecule has 0 saturated heterocycles. The van der Waals surface area contributed by atoms with Gasteiger partial charge in [0, 0.05) is 100 Å². The first-order chi connectivity index (χ1) is 52.2. The minimum atomic E-state index is -0.927. The number of carbonyl (C=O) groups excluding carboxylic acids is 5. The van der Waals surface area contributed by atoms with Crippen molar-refractivity contribution in [2.45, 2.75) is 218 Å². The van der Waals surface area contributed by atoms with Crippen molar-refractivity contribution < 1.29 is 155 Å². The number of rotatable bonds is 60. The van der Waals surface area contributed by atoms with Crippen molar-refractivity contribution in [3.05, 3.63) is 71.8 Å². The zero-order chi connectivity index (χ0) is 83.5. The number of carboxylic acid groups (broad SMARTS) is 1. The van der Waals surface area contributed by atoms with Crippen LogP contribution in [-0.2, 0) is 156 Å². The van der Waals surface area contributed by atoms with Crippen molar-refractivity contribution in [3.8, 4) is 0 Å². The molecule has 36 nitrogen and oxygen atoms in total. The van der Waals surface area contributed by atoms with Gasteiger partial charge in [-0.1, -0.05) is 45.7 Å². The molecule has 2 aromatic carbocycles. The number of hydrogen-bond donors (Lipinski definition) is 5. The van der Waals surface area contributed by atoms with Gasteiger partial charge in [0.05, 0.1) is 32.5 Å². The van der Waals surface area contributed by atoms with Crippen molar-refractivity contribution in [2.75, 3.05) is 159 Å². The summed E-state index contributed by atoms with van der Waals surface area (Å²) in [6.45, 7) is 34.5. The van der Waals surface area contributed by atoms with E-state index in [4.69, 9.17) is 126 Å². The van der Waals surface area contributed by atoms with Gasteiger partial charge in [-0.2, -0.15) is 0 Å². The summed E-state index contributed by atoms with van der Waals surface area (Å²) in [5.74, 6) is -1.42. The van der Waals surface area contributed by atoms with Crippen molar-refractivity contribution in [1.82, 2.24) is 10.6 Å². The lowest BCUT2D eigenvalue weighted by Crippen LogP contribution is -2.36. The Hall–Kier alpha value is -5.96. The van der Waals surface area contributed by atoms with Crippen LogP contribution >= 0.6 is 0 Å². The van der Waals surface area contributed by atoms with Crippen molar-refractivity contribution in [2.24, 2.45) is 5.41 Å². The van der Waals surface area contributed by atoms with Crippen LogP contribution in [0.5, 0.6) is 0 Å². The van der Waals surface area contributed by atoms with Gasteiger partial charge in [0.2, 0.25) is 23.6 Å². The van der Waals surface area contributed by atoms with Gasteiger partial charge in [0.25, 0.3) is 0 Å². The van der Waals surface area contributed by atoms with Crippen LogP contribution in [0.1, 0.15) is 156 Å². The number of methoxy groups -OCH3 is 6. The smallest absolute Gasteiger partial charge is 0.333 e. The molecule has 4 amide bonds. The summed E-state index contributed by atoms with van der Waals surface area (Å²) in [5, 5.41) is 19.7. The number of hydrogen-bond acceptors (Lipinski definition) is 31. The van der Waals surface area contributed by atoms with E-state index in [1.165, 1.54) is 49.0 Å². The number of ether oxygens (including phenoxy) is 7. The van der Waals surface area contributed by atoms with Gasteiger partial charge in [-0.25, -0.2) is 92.8 Å². The molecule has 5 N–H and O–H groups in total. The average molecular weight is 1620 g/mol. The third-order valence-electron chi connectivity index (χ3n) is 13.1. The quantitative estimate of drug-likeness (QED) is 0.0135. The molecule has 0 heterocycles. The Labute approximate surface area is 664 Å². The molecule has 36 heteroatoms. The highest BCUT2D eigenvalue weighted by atomic mass is 17.3. The van der Waals surface area contributed by atoms with Gasteiger partial charge in [0.15, 0.2) is 0 Å². The number of esters is 1. The SMILES string of the molecule is C.C.C=C(C)C(=O)OCC(COC)OC.CC(=O)NCCCCCNC(C)=O.CC(=O)Nc1ccc(Cc2ccc(NC(C)=O)cc2)cc1.COCC(C)(COC)C(=O)O.COCC(C)OOCC(C)OOCC(C)OOCC(C)OOCC(C)OOCC(C)OOCC(C)OOCC(C)OOCC(C)OOCC(C)OC. The molecule has 0 aliphatic carbocycles. The van der Waals surface area contributed by atoms with Crippen LogP contribution in [0, 0.1) is 5.41 Å². The molecule has 11 unspecified atom stereocenters. The summed E-state index contributed by atoms with van der Waals surface area (Å²) < 4.78 is 34.2. The van der Waals surface area contributed by atoms with Gasteiger partial charge < -0.3 is 59.5 Å². The largest absolute Gasteiger partial charge is 0.481 e. The second kappa shape index (κ2) is 75.1. The van der Waals surface area contributed by atoms with E-state index >= 15 is 0 Å². The zero-order valence-electron chi connectivity index (χ0n) is 68.9. The van der Waals surface area contributed by atoms with Crippen LogP contribution in [0.15, 0.2) is 60.7 Å². The fraction of sp³-hybridized carbons (Fsp3) is 0.737. The summed E-state index contributed by atoms with van der Waals surface area (Å²) in [7, 11) is 9.22. The van der Waals surface area contributed by atoms with Crippen LogP contribution in [0.3, 0.4) is 0 Å². The predicted molar refractivity (Wildman–Crippen MR) is 414 cm³/mol. The van der Waals surface area contributed by atoms with Crippen molar-refractivity contribution in [1.29, 1.82) is 0 Å². The first-order valence-corrected chi connectivity index (χ1v) is 36.0. The van der Waals surface area contributed by atoms with E-state index < -0.39 is 54.0 Å². The van der Waals surface area contributed by atoms with Crippen LogP contribution in [0.2, 0.25) is 0 Å². The number of unbranched alkanes of at least 4 members (excludes halogenated alkanes) is 2. The molecule has 0 aliphatic heterocycles. The second-order valence-corrected chi connectivity index (χ2v) is 25.6. The Bertz CT molecular complexity index is 2520. The number of nitrogens with one attached hydrogen (secondary N) is 4. The summed E-state index contributed by atoms with van der Waals surface area (Å²) in [4.78, 5) is 158. The predicted octanol–water partition coefficient (Wildman–Crippen LogP) is 9.73. The number of amides is 4. The number of anilines is 2. The van der Waals surface area contributed by atoms with E-state index in [2.05, 4.69) is 27.8 Å². The van der Waals surface area contributed by atoms with Gasteiger partial charge in [0.1, 0.15) is 133 Å². The Morgan fingerprint density at radius 2 is 0.652 bits per heavy atom. The summed E-state index contributed by atoms with van der Waals surface area (Å²) >= 11 is 0. The number of carboxylic acids is 1. The molecule has 0 bridgehead atoms. The first kappa shape index (κ1) is 115. The molecule has 0 aliphatic rings. The summed E-state index contributed by atoms with van der Waals surface area (Å²) in [5.41, 5.74) is 3.38. The minimum absolute atomic E-state index is 0. The minimum Gasteiger partial charge on any atom is -0.481 e. The summed E-state index contributed by atoms with van der Waals surface area (Å²) in [6, 6.07) is 15.5. The highest BCUT2D eigenvalue weighted by molar-refractivity contribution is 5.89. The lowest BCUT2D eigenvalue weighted by atomic mass is 9.93. The molecule has 112 heavy (non-hydrogen) atoms. The Balaban J connectivity index is -0.000000511. The first-order valence-electron chi connectivity index (χ1n) is 36.0. The Morgan fingerprint density at radius 1 is 0.375 bits per heavy atom. The van der Waals surface area contributed by atoms with E-state index in [1.807, 2.05) is 62.4 Å². The van der Waals surface area contributed by atoms with Gasteiger partial charge in [-0.3, -0.25) is 24.0 Å². The van der Waals surface area contributed by atoms with Gasteiger partial charge >= 0.3 is 11.9 Å². The third kappa shape index (κ3) is 73.0. The highest BCUT2D eigenvalue weighted by Crippen LogP contribution is 2.18. The molecular weight excluding hydrogens is 1480 g/mol. The molecule has 2 rings (SSSR count). The van der Waals surface area contributed by atoms with Crippen molar-refractivity contribution >= 4 is 46.9 Å². The van der Waals surface area contributed by atoms with Crippen LogP contribution < -0.4 is 21.3 Å². The fourth-order valence-corrected chi connectivity index (χ4v) is 7.29. The third-order valence-corrected chi connectivity index (χ3v) is 13.1. The normalized spacial score (nSPS) is 13.9. The second-order valence-electron chi connectivity index (χ2n) is 25.6. The molecule has 0 saturated carbocycles.